The van der Waals surface area contributed by atoms with Gasteiger partial charge in [-0.1, -0.05) is 0 Å². The number of hydrogen-bond donors (Lipinski definition) is 1. The smallest absolute Gasteiger partial charge is 0.410 e. The maximum atomic E-state index is 12.2. The normalized spacial score (nSPS) is 22.1. The summed E-state index contributed by atoms with van der Waals surface area (Å²) in [5, 5.41) is 5.58. The van der Waals surface area contributed by atoms with Gasteiger partial charge >= 0.3 is 6.09 Å². The van der Waals surface area contributed by atoms with E-state index in [0.717, 1.165) is 10.3 Å². The van der Waals surface area contributed by atoms with E-state index < -0.39 is 5.60 Å². The Bertz CT molecular complexity index is 515. The summed E-state index contributed by atoms with van der Waals surface area (Å²) in [4.78, 5) is 13.9. The molecule has 0 aliphatic carbocycles. The van der Waals surface area contributed by atoms with Crippen LogP contribution in [0.15, 0.2) is 15.2 Å². The summed E-state index contributed by atoms with van der Waals surface area (Å²) in [5.41, 5.74) is 0.746. The molecule has 2 heterocycles. The van der Waals surface area contributed by atoms with Crippen molar-refractivity contribution >= 4 is 33.4 Å². The number of carbonyl (C=O) groups is 1. The number of amides is 1. The summed E-state index contributed by atoms with van der Waals surface area (Å²) < 4.78 is 12.1. The molecule has 5 nitrogen and oxygen atoms in total. The van der Waals surface area contributed by atoms with Crippen molar-refractivity contribution in [3.8, 4) is 0 Å². The van der Waals surface area contributed by atoms with Gasteiger partial charge in [-0.2, -0.15) is 0 Å². The SMILES string of the molecule is CO[C@H]1CN(C(=O)OC(C)(C)C)CC1NCc1csc(Br)c1. The van der Waals surface area contributed by atoms with Gasteiger partial charge in [-0.15, -0.1) is 11.3 Å². The van der Waals surface area contributed by atoms with E-state index in [1.807, 2.05) is 20.8 Å². The molecule has 124 valence electrons. The number of nitrogens with one attached hydrogen (secondary N) is 1. The summed E-state index contributed by atoms with van der Waals surface area (Å²) in [7, 11) is 1.68. The first kappa shape index (κ1) is 17.7. The fraction of sp³-hybridized carbons (Fsp3) is 0.667. The number of carbonyl (C=O) groups excluding carboxylic acids is 1. The lowest BCUT2D eigenvalue weighted by molar-refractivity contribution is 0.0252. The van der Waals surface area contributed by atoms with Crippen LogP contribution in [0.25, 0.3) is 0 Å². The number of rotatable bonds is 4. The van der Waals surface area contributed by atoms with E-state index in [-0.39, 0.29) is 18.2 Å². The quantitative estimate of drug-likeness (QED) is 0.856. The molecule has 7 heteroatoms. The molecule has 1 aliphatic heterocycles. The number of ether oxygens (including phenoxy) is 2. The van der Waals surface area contributed by atoms with Gasteiger partial charge < -0.3 is 19.7 Å². The van der Waals surface area contributed by atoms with E-state index in [2.05, 4.69) is 32.7 Å². The molecule has 1 N–H and O–H groups in total. The minimum atomic E-state index is -0.478. The van der Waals surface area contributed by atoms with Crippen molar-refractivity contribution < 1.29 is 14.3 Å². The zero-order valence-electron chi connectivity index (χ0n) is 13.4. The van der Waals surface area contributed by atoms with Crippen LogP contribution in [0, 0.1) is 0 Å². The number of likely N-dealkylation sites (tertiary alicyclic amines) is 1. The van der Waals surface area contributed by atoms with Gasteiger partial charge in [-0.3, -0.25) is 0 Å². The maximum Gasteiger partial charge on any atom is 0.410 e. The van der Waals surface area contributed by atoms with Gasteiger partial charge in [0, 0.05) is 20.2 Å². The van der Waals surface area contributed by atoms with Crippen molar-refractivity contribution in [1.29, 1.82) is 0 Å². The van der Waals surface area contributed by atoms with Gasteiger partial charge in [-0.25, -0.2) is 4.79 Å². The van der Waals surface area contributed by atoms with Crippen molar-refractivity contribution in [3.05, 3.63) is 20.8 Å². The third kappa shape index (κ3) is 4.94. The van der Waals surface area contributed by atoms with Crippen molar-refractivity contribution in [2.75, 3.05) is 20.2 Å². The highest BCUT2D eigenvalue weighted by molar-refractivity contribution is 9.11. The van der Waals surface area contributed by atoms with Crippen LogP contribution in [-0.4, -0.2) is 48.9 Å². The average molecular weight is 391 g/mol. The molecule has 0 saturated carbocycles. The summed E-state index contributed by atoms with van der Waals surface area (Å²) in [6, 6.07) is 2.20. The second-order valence-electron chi connectivity index (χ2n) is 6.41. The minimum absolute atomic E-state index is 0.0189. The second kappa shape index (κ2) is 7.29. The molecular weight excluding hydrogens is 368 g/mol. The first-order valence-electron chi connectivity index (χ1n) is 7.25. The molecule has 1 amide bonds. The van der Waals surface area contributed by atoms with Crippen LogP contribution in [0.1, 0.15) is 26.3 Å². The molecule has 0 radical (unpaired) electrons. The summed E-state index contributed by atoms with van der Waals surface area (Å²) in [6.45, 7) is 7.53. The summed E-state index contributed by atoms with van der Waals surface area (Å²) in [5.74, 6) is 0. The van der Waals surface area contributed by atoms with E-state index >= 15 is 0 Å². The zero-order chi connectivity index (χ0) is 16.3. The minimum Gasteiger partial charge on any atom is -0.444 e. The molecule has 1 fully saturated rings. The predicted molar refractivity (Wildman–Crippen MR) is 91.3 cm³/mol. The van der Waals surface area contributed by atoms with E-state index in [0.29, 0.717) is 13.1 Å². The Morgan fingerprint density at radius 3 is 2.77 bits per heavy atom. The van der Waals surface area contributed by atoms with Crippen LogP contribution in [0.4, 0.5) is 4.79 Å². The molecular formula is C15H23BrN2O3S. The fourth-order valence-electron chi connectivity index (χ4n) is 2.37. The molecule has 2 rings (SSSR count). The molecule has 1 aliphatic rings. The maximum absolute atomic E-state index is 12.2. The fourth-order valence-corrected chi connectivity index (χ4v) is 3.58. The monoisotopic (exact) mass is 390 g/mol. The number of hydrogen-bond acceptors (Lipinski definition) is 5. The largest absolute Gasteiger partial charge is 0.444 e. The number of methoxy groups -OCH3 is 1. The van der Waals surface area contributed by atoms with E-state index in [9.17, 15) is 4.79 Å². The molecule has 1 aromatic heterocycles. The van der Waals surface area contributed by atoms with Crippen molar-refractivity contribution in [2.45, 2.75) is 45.1 Å². The highest BCUT2D eigenvalue weighted by Crippen LogP contribution is 2.22. The van der Waals surface area contributed by atoms with Gasteiger partial charge in [0.1, 0.15) is 5.60 Å². The van der Waals surface area contributed by atoms with Crippen LogP contribution < -0.4 is 5.32 Å². The molecule has 22 heavy (non-hydrogen) atoms. The van der Waals surface area contributed by atoms with E-state index in [4.69, 9.17) is 9.47 Å². The number of thiophene rings is 1. The Hall–Kier alpha value is -0.630. The topological polar surface area (TPSA) is 50.8 Å². The number of halogens is 1. The lowest BCUT2D eigenvalue weighted by Gasteiger charge is -2.24. The first-order chi connectivity index (χ1) is 10.3. The van der Waals surface area contributed by atoms with Crippen molar-refractivity contribution in [3.63, 3.8) is 0 Å². The molecule has 2 atom stereocenters. The van der Waals surface area contributed by atoms with Crippen molar-refractivity contribution in [1.82, 2.24) is 10.2 Å². The Labute approximate surface area is 144 Å². The van der Waals surface area contributed by atoms with Gasteiger partial charge in [-0.05, 0) is 53.7 Å². The lowest BCUT2D eigenvalue weighted by Crippen LogP contribution is -2.40. The molecule has 1 saturated heterocycles. The van der Waals surface area contributed by atoms with Crippen LogP contribution in [0.2, 0.25) is 0 Å². The van der Waals surface area contributed by atoms with Crippen LogP contribution in [-0.2, 0) is 16.0 Å². The standard InChI is InChI=1S/C15H23BrN2O3S/c1-15(2,3)21-14(19)18-7-11(12(8-18)20-4)17-6-10-5-13(16)22-9-10/h5,9,11-12,17H,6-8H2,1-4H3/t11?,12-/m0/s1. The molecule has 0 aromatic carbocycles. The molecule has 0 bridgehead atoms. The van der Waals surface area contributed by atoms with E-state index in [1.165, 1.54) is 5.56 Å². The average Bonchev–Trinajstić information content (AvgIpc) is 3.00. The van der Waals surface area contributed by atoms with Crippen molar-refractivity contribution in [2.24, 2.45) is 0 Å². The van der Waals surface area contributed by atoms with Crippen LogP contribution in [0.3, 0.4) is 0 Å². The third-order valence-electron chi connectivity index (χ3n) is 3.41. The highest BCUT2D eigenvalue weighted by atomic mass is 79.9. The summed E-state index contributed by atoms with van der Waals surface area (Å²) in [6.07, 6.45) is -0.299. The summed E-state index contributed by atoms with van der Waals surface area (Å²) >= 11 is 5.13. The van der Waals surface area contributed by atoms with E-state index in [1.54, 1.807) is 23.3 Å². The van der Waals surface area contributed by atoms with Gasteiger partial charge in [0.05, 0.1) is 22.5 Å². The highest BCUT2D eigenvalue weighted by Gasteiger charge is 2.37. The Kier molecular flexibility index (Phi) is 5.87. The predicted octanol–water partition coefficient (Wildman–Crippen LogP) is 3.23. The molecule has 1 unspecified atom stereocenters. The second-order valence-corrected chi connectivity index (χ2v) is 8.70. The molecule has 0 spiro atoms. The van der Waals surface area contributed by atoms with Gasteiger partial charge in [0.2, 0.25) is 0 Å². The number of nitrogens with zero attached hydrogens (tertiary/aromatic N) is 1. The Morgan fingerprint density at radius 2 is 2.23 bits per heavy atom. The third-order valence-corrected chi connectivity index (χ3v) is 4.96. The zero-order valence-corrected chi connectivity index (χ0v) is 15.8. The van der Waals surface area contributed by atoms with Crippen LogP contribution in [0.5, 0.6) is 0 Å². The first-order valence-corrected chi connectivity index (χ1v) is 8.93. The Balaban J connectivity index is 1.90. The van der Waals surface area contributed by atoms with Gasteiger partial charge in [0.25, 0.3) is 0 Å². The lowest BCUT2D eigenvalue weighted by atomic mass is 10.2. The Morgan fingerprint density at radius 1 is 1.50 bits per heavy atom. The van der Waals surface area contributed by atoms with Crippen LogP contribution >= 0.6 is 27.3 Å². The van der Waals surface area contributed by atoms with Gasteiger partial charge in [0.15, 0.2) is 0 Å². The molecule has 1 aromatic rings.